The lowest BCUT2D eigenvalue weighted by Gasteiger charge is -2.25. The van der Waals surface area contributed by atoms with Gasteiger partial charge in [0, 0.05) is 37.9 Å². The van der Waals surface area contributed by atoms with Gasteiger partial charge in [-0.15, -0.1) is 0 Å². The van der Waals surface area contributed by atoms with Crippen LogP contribution in [0.1, 0.15) is 19.4 Å². The first-order valence-corrected chi connectivity index (χ1v) is 7.29. The highest BCUT2D eigenvalue weighted by Gasteiger charge is 2.15. The molecule has 2 N–H and O–H groups in total. The molecule has 1 unspecified atom stereocenters. The van der Waals surface area contributed by atoms with Gasteiger partial charge in [-0.05, 0) is 30.3 Å². The van der Waals surface area contributed by atoms with Crippen molar-refractivity contribution in [2.45, 2.75) is 20.4 Å². The summed E-state index contributed by atoms with van der Waals surface area (Å²) in [5.74, 6) is -0.00768. The molecule has 0 aliphatic heterocycles. The summed E-state index contributed by atoms with van der Waals surface area (Å²) in [4.78, 5) is 13.7. The molecule has 5 heteroatoms. The lowest BCUT2D eigenvalue weighted by Crippen LogP contribution is -2.34. The number of hydrogen-bond acceptors (Lipinski definition) is 3. The van der Waals surface area contributed by atoms with Crippen LogP contribution in [0.5, 0.6) is 0 Å². The molecule has 0 heterocycles. The minimum absolute atomic E-state index is 0.0547. The lowest BCUT2D eigenvalue weighted by molar-refractivity contribution is -0.123. The fourth-order valence-electron chi connectivity index (χ4n) is 2.17. The summed E-state index contributed by atoms with van der Waals surface area (Å²) in [7, 11) is 3.66. The Morgan fingerprint density at radius 1 is 1.45 bits per heavy atom. The maximum atomic E-state index is 11.6. The second-order valence-electron chi connectivity index (χ2n) is 4.95. The van der Waals surface area contributed by atoms with Crippen LogP contribution in [0.25, 0.3) is 0 Å². The van der Waals surface area contributed by atoms with Crippen molar-refractivity contribution in [1.29, 1.82) is 0 Å². The highest BCUT2D eigenvalue weighted by Crippen LogP contribution is 2.24. The zero-order chi connectivity index (χ0) is 15.1. The number of nitrogens with one attached hydrogen (secondary N) is 2. The molecule has 0 aliphatic rings. The van der Waals surface area contributed by atoms with Crippen LogP contribution in [0.15, 0.2) is 18.2 Å². The van der Waals surface area contributed by atoms with Crippen LogP contribution in [0, 0.1) is 5.92 Å². The molecule has 0 spiro atoms. The number of rotatable bonds is 7. The summed E-state index contributed by atoms with van der Waals surface area (Å²) >= 11 is 6.07. The van der Waals surface area contributed by atoms with Crippen molar-refractivity contribution in [1.82, 2.24) is 10.6 Å². The summed E-state index contributed by atoms with van der Waals surface area (Å²) in [6, 6.07) is 5.86. The molecule has 1 atom stereocenters. The summed E-state index contributed by atoms with van der Waals surface area (Å²) < 4.78 is 0. The van der Waals surface area contributed by atoms with Crippen molar-refractivity contribution in [3.63, 3.8) is 0 Å². The van der Waals surface area contributed by atoms with E-state index in [4.69, 9.17) is 11.6 Å². The van der Waals surface area contributed by atoms with Gasteiger partial charge in [0.1, 0.15) is 0 Å². The van der Waals surface area contributed by atoms with Gasteiger partial charge in [0.15, 0.2) is 0 Å². The fraction of sp³-hybridized carbons (Fsp3) is 0.533. The van der Waals surface area contributed by atoms with Gasteiger partial charge in [0.05, 0.1) is 5.92 Å². The molecule has 1 aromatic carbocycles. The molecule has 0 saturated carbocycles. The van der Waals surface area contributed by atoms with Crippen molar-refractivity contribution in [3.05, 3.63) is 28.8 Å². The van der Waals surface area contributed by atoms with E-state index in [0.29, 0.717) is 6.54 Å². The number of benzene rings is 1. The molecular formula is C15H24ClN3O. The smallest absolute Gasteiger partial charge is 0.224 e. The summed E-state index contributed by atoms with van der Waals surface area (Å²) in [6.45, 7) is 6.34. The van der Waals surface area contributed by atoms with E-state index in [1.54, 1.807) is 7.05 Å². The van der Waals surface area contributed by atoms with Crippen LogP contribution in [-0.4, -0.2) is 33.1 Å². The maximum Gasteiger partial charge on any atom is 0.224 e. The molecule has 1 rings (SSSR count). The van der Waals surface area contributed by atoms with Crippen molar-refractivity contribution in [2.24, 2.45) is 5.92 Å². The zero-order valence-corrected chi connectivity index (χ0v) is 13.4. The first-order chi connectivity index (χ1) is 9.49. The number of halogens is 1. The second kappa shape index (κ2) is 8.12. The topological polar surface area (TPSA) is 44.4 Å². The Hall–Kier alpha value is -1.26. The fourth-order valence-corrected chi connectivity index (χ4v) is 2.36. The third kappa shape index (κ3) is 4.69. The van der Waals surface area contributed by atoms with Crippen LogP contribution in [-0.2, 0) is 11.3 Å². The predicted octanol–water partition coefficient (Wildman–Crippen LogP) is 2.27. The van der Waals surface area contributed by atoms with E-state index in [0.717, 1.165) is 29.4 Å². The summed E-state index contributed by atoms with van der Waals surface area (Å²) in [5.41, 5.74) is 2.25. The Kier molecular flexibility index (Phi) is 6.82. The largest absolute Gasteiger partial charge is 0.374 e. The van der Waals surface area contributed by atoms with Gasteiger partial charge >= 0.3 is 0 Å². The molecule has 4 nitrogen and oxygen atoms in total. The van der Waals surface area contributed by atoms with Gasteiger partial charge in [0.25, 0.3) is 0 Å². The average molecular weight is 298 g/mol. The molecule has 0 saturated heterocycles. The van der Waals surface area contributed by atoms with Crippen molar-refractivity contribution in [2.75, 3.05) is 32.1 Å². The van der Waals surface area contributed by atoms with E-state index < -0.39 is 0 Å². The standard InChI is InChI=1S/C15H24ClN3O/c1-5-18-9-12-8-13(16)6-7-14(12)19(4)10-11(2)15(20)17-3/h6-8,11,18H,5,9-10H2,1-4H3,(H,17,20). The number of anilines is 1. The summed E-state index contributed by atoms with van der Waals surface area (Å²) in [5, 5.41) is 6.72. The van der Waals surface area contributed by atoms with Crippen molar-refractivity contribution < 1.29 is 4.79 Å². The van der Waals surface area contributed by atoms with Gasteiger partial charge in [-0.2, -0.15) is 0 Å². The Bertz CT molecular complexity index is 451. The predicted molar refractivity (Wildman–Crippen MR) is 85.3 cm³/mol. The summed E-state index contributed by atoms with van der Waals surface area (Å²) in [6.07, 6.45) is 0. The van der Waals surface area contributed by atoms with Crippen LogP contribution in [0.4, 0.5) is 5.69 Å². The van der Waals surface area contributed by atoms with Crippen molar-refractivity contribution in [3.8, 4) is 0 Å². The SMILES string of the molecule is CCNCc1cc(Cl)ccc1N(C)CC(C)C(=O)NC. The number of nitrogens with zero attached hydrogens (tertiary/aromatic N) is 1. The third-order valence-corrected chi connectivity index (χ3v) is 3.50. The second-order valence-corrected chi connectivity index (χ2v) is 5.39. The molecule has 0 radical (unpaired) electrons. The monoisotopic (exact) mass is 297 g/mol. The molecule has 0 fully saturated rings. The normalized spacial score (nSPS) is 12.1. The van der Waals surface area contributed by atoms with Gasteiger partial charge in [-0.25, -0.2) is 0 Å². The average Bonchev–Trinajstić information content (AvgIpc) is 2.43. The number of amides is 1. The zero-order valence-electron chi connectivity index (χ0n) is 12.7. The Labute approximate surface area is 126 Å². The van der Waals surface area contributed by atoms with Gasteiger partial charge in [-0.3, -0.25) is 4.79 Å². The molecule has 0 aliphatic carbocycles. The molecule has 112 valence electrons. The highest BCUT2D eigenvalue weighted by molar-refractivity contribution is 6.30. The Morgan fingerprint density at radius 2 is 2.15 bits per heavy atom. The number of carbonyl (C=O) groups is 1. The van der Waals surface area contributed by atoms with E-state index in [1.807, 2.05) is 32.2 Å². The lowest BCUT2D eigenvalue weighted by atomic mass is 10.1. The van der Waals surface area contributed by atoms with E-state index in [-0.39, 0.29) is 11.8 Å². The van der Waals surface area contributed by atoms with E-state index in [9.17, 15) is 4.79 Å². The number of carbonyl (C=O) groups excluding carboxylic acids is 1. The molecular weight excluding hydrogens is 274 g/mol. The minimum atomic E-state index is -0.0623. The van der Waals surface area contributed by atoms with Gasteiger partial charge in [-0.1, -0.05) is 25.4 Å². The third-order valence-electron chi connectivity index (χ3n) is 3.26. The van der Waals surface area contributed by atoms with Crippen LogP contribution in [0.3, 0.4) is 0 Å². The van der Waals surface area contributed by atoms with Gasteiger partial charge < -0.3 is 15.5 Å². The number of hydrogen-bond donors (Lipinski definition) is 2. The molecule has 0 aromatic heterocycles. The molecule has 0 bridgehead atoms. The first kappa shape index (κ1) is 16.8. The Balaban J connectivity index is 2.85. The quantitative estimate of drug-likeness (QED) is 0.811. The van der Waals surface area contributed by atoms with Crippen LogP contribution >= 0.6 is 11.6 Å². The molecule has 1 aromatic rings. The van der Waals surface area contributed by atoms with Crippen LogP contribution < -0.4 is 15.5 Å². The van der Waals surface area contributed by atoms with E-state index in [1.165, 1.54) is 0 Å². The maximum absolute atomic E-state index is 11.6. The van der Waals surface area contributed by atoms with E-state index >= 15 is 0 Å². The van der Waals surface area contributed by atoms with Gasteiger partial charge in [0.2, 0.25) is 5.91 Å². The van der Waals surface area contributed by atoms with Crippen LogP contribution in [0.2, 0.25) is 5.02 Å². The first-order valence-electron chi connectivity index (χ1n) is 6.91. The Morgan fingerprint density at radius 3 is 2.75 bits per heavy atom. The van der Waals surface area contributed by atoms with Crippen molar-refractivity contribution >= 4 is 23.2 Å². The van der Waals surface area contributed by atoms with E-state index in [2.05, 4.69) is 22.5 Å². The molecule has 1 amide bonds. The highest BCUT2D eigenvalue weighted by atomic mass is 35.5. The molecule has 20 heavy (non-hydrogen) atoms. The minimum Gasteiger partial charge on any atom is -0.374 e.